The van der Waals surface area contributed by atoms with E-state index in [2.05, 4.69) is 10.3 Å². The van der Waals surface area contributed by atoms with Crippen LogP contribution in [0.2, 0.25) is 0 Å². The SMILES string of the molecule is CCOC(=O)CC(C)NC(=O)c1cc(-c2ccccc2)c2cc(OC)ccc2n1. The Balaban J connectivity index is 1.96. The lowest BCUT2D eigenvalue weighted by Gasteiger charge is -2.15. The average Bonchev–Trinajstić information content (AvgIpc) is 2.73. The Morgan fingerprint density at radius 1 is 1.10 bits per heavy atom. The number of pyridine rings is 1. The van der Waals surface area contributed by atoms with Gasteiger partial charge in [-0.15, -0.1) is 0 Å². The van der Waals surface area contributed by atoms with Gasteiger partial charge in [0.05, 0.1) is 25.7 Å². The molecule has 0 saturated heterocycles. The third-order valence-electron chi connectivity index (χ3n) is 4.49. The fourth-order valence-electron chi connectivity index (χ4n) is 3.12. The lowest BCUT2D eigenvalue weighted by molar-refractivity contribution is -0.143. The number of ether oxygens (including phenoxy) is 2. The van der Waals surface area contributed by atoms with E-state index in [1.165, 1.54) is 0 Å². The first-order chi connectivity index (χ1) is 14.0. The normalized spacial score (nSPS) is 11.7. The van der Waals surface area contributed by atoms with Gasteiger partial charge in [-0.3, -0.25) is 9.59 Å². The number of hydrogen-bond donors (Lipinski definition) is 1. The fraction of sp³-hybridized carbons (Fsp3) is 0.261. The van der Waals surface area contributed by atoms with Gasteiger partial charge in [-0.05, 0) is 49.2 Å². The van der Waals surface area contributed by atoms with E-state index in [1.54, 1.807) is 27.0 Å². The first-order valence-corrected chi connectivity index (χ1v) is 9.52. The largest absolute Gasteiger partial charge is 0.497 e. The number of nitrogens with zero attached hydrogens (tertiary/aromatic N) is 1. The van der Waals surface area contributed by atoms with Crippen LogP contribution in [-0.2, 0) is 9.53 Å². The molecule has 3 rings (SSSR count). The van der Waals surface area contributed by atoms with Gasteiger partial charge in [0, 0.05) is 11.4 Å². The minimum Gasteiger partial charge on any atom is -0.497 e. The number of methoxy groups -OCH3 is 1. The maximum atomic E-state index is 12.8. The number of carbonyl (C=O) groups is 2. The second kappa shape index (κ2) is 9.19. The van der Waals surface area contributed by atoms with Crippen LogP contribution in [0, 0.1) is 0 Å². The summed E-state index contributed by atoms with van der Waals surface area (Å²) in [6, 6.07) is 16.8. The molecule has 1 atom stereocenters. The van der Waals surface area contributed by atoms with Crippen molar-refractivity contribution >= 4 is 22.8 Å². The molecule has 1 N–H and O–H groups in total. The summed E-state index contributed by atoms with van der Waals surface area (Å²) >= 11 is 0. The molecule has 29 heavy (non-hydrogen) atoms. The second-order valence-corrected chi connectivity index (χ2v) is 6.69. The van der Waals surface area contributed by atoms with Crippen LogP contribution in [0.25, 0.3) is 22.0 Å². The molecule has 0 saturated carbocycles. The van der Waals surface area contributed by atoms with Gasteiger partial charge in [0.2, 0.25) is 0 Å². The molecule has 0 aliphatic rings. The first kappa shape index (κ1) is 20.3. The second-order valence-electron chi connectivity index (χ2n) is 6.69. The van der Waals surface area contributed by atoms with Gasteiger partial charge in [0.1, 0.15) is 11.4 Å². The maximum absolute atomic E-state index is 12.8. The summed E-state index contributed by atoms with van der Waals surface area (Å²) in [6.45, 7) is 3.83. The molecule has 3 aromatic rings. The quantitative estimate of drug-likeness (QED) is 0.616. The van der Waals surface area contributed by atoms with Crippen LogP contribution in [-0.4, -0.2) is 36.6 Å². The number of fused-ring (bicyclic) bond motifs is 1. The molecular formula is C23H24N2O4. The Morgan fingerprint density at radius 3 is 2.55 bits per heavy atom. The van der Waals surface area contributed by atoms with E-state index in [9.17, 15) is 9.59 Å². The first-order valence-electron chi connectivity index (χ1n) is 9.52. The van der Waals surface area contributed by atoms with E-state index in [4.69, 9.17) is 9.47 Å². The number of aromatic nitrogens is 1. The van der Waals surface area contributed by atoms with Crippen LogP contribution in [0.3, 0.4) is 0 Å². The summed E-state index contributed by atoms with van der Waals surface area (Å²) in [6.07, 6.45) is 0.107. The summed E-state index contributed by atoms with van der Waals surface area (Å²) in [7, 11) is 1.61. The van der Waals surface area contributed by atoms with Crippen LogP contribution in [0.15, 0.2) is 54.6 Å². The van der Waals surface area contributed by atoms with Gasteiger partial charge in [-0.25, -0.2) is 4.98 Å². The molecule has 6 heteroatoms. The summed E-state index contributed by atoms with van der Waals surface area (Å²) in [5.74, 6) is 0.0391. The Hall–Kier alpha value is -3.41. The van der Waals surface area contributed by atoms with E-state index in [0.29, 0.717) is 12.1 Å². The zero-order chi connectivity index (χ0) is 20.8. The van der Waals surface area contributed by atoms with E-state index in [-0.39, 0.29) is 30.0 Å². The zero-order valence-corrected chi connectivity index (χ0v) is 16.8. The molecule has 1 amide bonds. The van der Waals surface area contributed by atoms with Crippen LogP contribution >= 0.6 is 0 Å². The molecule has 0 radical (unpaired) electrons. The van der Waals surface area contributed by atoms with Crippen molar-refractivity contribution in [1.82, 2.24) is 10.3 Å². The van der Waals surface area contributed by atoms with Gasteiger partial charge < -0.3 is 14.8 Å². The molecule has 2 aromatic carbocycles. The molecular weight excluding hydrogens is 368 g/mol. The molecule has 1 heterocycles. The smallest absolute Gasteiger partial charge is 0.307 e. The van der Waals surface area contributed by atoms with E-state index < -0.39 is 0 Å². The number of amides is 1. The Morgan fingerprint density at radius 2 is 1.86 bits per heavy atom. The van der Waals surface area contributed by atoms with Crippen molar-refractivity contribution < 1.29 is 19.1 Å². The van der Waals surface area contributed by atoms with Crippen molar-refractivity contribution in [2.75, 3.05) is 13.7 Å². The summed E-state index contributed by atoms with van der Waals surface area (Å²) in [5.41, 5.74) is 2.84. The highest BCUT2D eigenvalue weighted by atomic mass is 16.5. The Kier molecular flexibility index (Phi) is 6.44. The van der Waals surface area contributed by atoms with E-state index in [1.807, 2.05) is 48.5 Å². The van der Waals surface area contributed by atoms with Crippen LogP contribution in [0.4, 0.5) is 0 Å². The highest BCUT2D eigenvalue weighted by molar-refractivity contribution is 6.01. The lowest BCUT2D eigenvalue weighted by Crippen LogP contribution is -2.35. The molecule has 150 valence electrons. The van der Waals surface area contributed by atoms with Crippen LogP contribution in [0.1, 0.15) is 30.8 Å². The minimum atomic E-state index is -0.366. The molecule has 6 nitrogen and oxygen atoms in total. The van der Waals surface area contributed by atoms with Gasteiger partial charge in [0.15, 0.2) is 0 Å². The number of hydrogen-bond acceptors (Lipinski definition) is 5. The predicted octanol–water partition coefficient (Wildman–Crippen LogP) is 3.98. The number of benzene rings is 2. The third kappa shape index (κ3) is 4.90. The molecule has 1 unspecified atom stereocenters. The average molecular weight is 392 g/mol. The van der Waals surface area contributed by atoms with Gasteiger partial charge in [-0.2, -0.15) is 0 Å². The molecule has 0 fully saturated rings. The van der Waals surface area contributed by atoms with E-state index in [0.717, 1.165) is 22.3 Å². The zero-order valence-electron chi connectivity index (χ0n) is 16.8. The molecule has 1 aromatic heterocycles. The van der Waals surface area contributed by atoms with Gasteiger partial charge >= 0.3 is 5.97 Å². The molecule has 0 aliphatic heterocycles. The van der Waals surface area contributed by atoms with Gasteiger partial charge in [0.25, 0.3) is 5.91 Å². The van der Waals surface area contributed by atoms with Crippen molar-refractivity contribution in [1.29, 1.82) is 0 Å². The Labute approximate surface area is 169 Å². The monoisotopic (exact) mass is 392 g/mol. The van der Waals surface area contributed by atoms with Crippen molar-refractivity contribution in [2.24, 2.45) is 0 Å². The molecule has 0 spiro atoms. The lowest BCUT2D eigenvalue weighted by atomic mass is 9.99. The minimum absolute atomic E-state index is 0.107. The third-order valence-corrected chi connectivity index (χ3v) is 4.49. The summed E-state index contributed by atoms with van der Waals surface area (Å²) in [4.78, 5) is 29.0. The number of rotatable bonds is 7. The Bertz CT molecular complexity index is 1020. The summed E-state index contributed by atoms with van der Waals surface area (Å²) < 4.78 is 10.3. The van der Waals surface area contributed by atoms with Crippen molar-refractivity contribution in [2.45, 2.75) is 26.3 Å². The maximum Gasteiger partial charge on any atom is 0.307 e. The van der Waals surface area contributed by atoms with Crippen molar-refractivity contribution in [3.05, 3.63) is 60.3 Å². The highest BCUT2D eigenvalue weighted by Gasteiger charge is 2.17. The van der Waals surface area contributed by atoms with Crippen molar-refractivity contribution in [3.8, 4) is 16.9 Å². The van der Waals surface area contributed by atoms with E-state index >= 15 is 0 Å². The molecule has 0 aliphatic carbocycles. The predicted molar refractivity (Wildman–Crippen MR) is 112 cm³/mol. The van der Waals surface area contributed by atoms with Crippen LogP contribution < -0.4 is 10.1 Å². The van der Waals surface area contributed by atoms with Gasteiger partial charge in [-0.1, -0.05) is 30.3 Å². The van der Waals surface area contributed by atoms with Crippen LogP contribution in [0.5, 0.6) is 5.75 Å². The standard InChI is InChI=1S/C23H24N2O4/c1-4-29-22(26)12-15(2)24-23(27)21-14-18(16-8-6-5-7-9-16)19-13-17(28-3)10-11-20(19)25-21/h5-11,13-15H,4,12H2,1-3H3,(H,24,27). The summed E-state index contributed by atoms with van der Waals surface area (Å²) in [5, 5.41) is 3.72. The van der Waals surface area contributed by atoms with Crippen molar-refractivity contribution in [3.63, 3.8) is 0 Å². The fourth-order valence-corrected chi connectivity index (χ4v) is 3.12. The number of carbonyl (C=O) groups excluding carboxylic acids is 2. The number of esters is 1. The molecule has 0 bridgehead atoms. The number of nitrogens with one attached hydrogen (secondary N) is 1. The topological polar surface area (TPSA) is 77.5 Å². The highest BCUT2D eigenvalue weighted by Crippen LogP contribution is 2.31.